The van der Waals surface area contributed by atoms with Crippen LogP contribution in [0.3, 0.4) is 0 Å². The van der Waals surface area contributed by atoms with Crippen molar-refractivity contribution >= 4 is 12.1 Å². The zero-order chi connectivity index (χ0) is 21.4. The van der Waals surface area contributed by atoms with Gasteiger partial charge in [0.05, 0.1) is 6.61 Å². The number of hydrogen-bond donors (Lipinski definition) is 1. The van der Waals surface area contributed by atoms with Gasteiger partial charge in [0.2, 0.25) is 0 Å². The second kappa shape index (κ2) is 8.80. The fourth-order valence-electron chi connectivity index (χ4n) is 6.85. The van der Waals surface area contributed by atoms with Gasteiger partial charge in [-0.15, -0.1) is 0 Å². The van der Waals surface area contributed by atoms with E-state index in [4.69, 9.17) is 4.74 Å². The molecule has 0 aromatic rings. The smallest absolute Gasteiger partial charge is 0.409 e. The van der Waals surface area contributed by atoms with E-state index in [1.165, 1.54) is 51.6 Å². The molecule has 2 saturated carbocycles. The van der Waals surface area contributed by atoms with Gasteiger partial charge in [0.25, 0.3) is 0 Å². The van der Waals surface area contributed by atoms with E-state index in [0.717, 1.165) is 45.3 Å². The van der Waals surface area contributed by atoms with E-state index in [-0.39, 0.29) is 12.1 Å². The van der Waals surface area contributed by atoms with Crippen molar-refractivity contribution in [3.63, 3.8) is 0 Å². The lowest BCUT2D eigenvalue weighted by Gasteiger charge is -2.52. The summed E-state index contributed by atoms with van der Waals surface area (Å²) in [6, 6.07) is 1.76. The number of nitrogens with one attached hydrogen (secondary N) is 1. The number of carbonyl (C=O) groups is 2. The molecular formula is C24H40N4O3. The zero-order valence-corrected chi connectivity index (χ0v) is 19.2. The van der Waals surface area contributed by atoms with Gasteiger partial charge in [-0.05, 0) is 95.6 Å². The maximum atomic E-state index is 12.8. The van der Waals surface area contributed by atoms with Gasteiger partial charge in [-0.3, -0.25) is 0 Å². The molecule has 3 amide bonds. The number of hydrogen-bond acceptors (Lipinski definition) is 4. The van der Waals surface area contributed by atoms with Crippen molar-refractivity contribution in [3.8, 4) is 0 Å². The van der Waals surface area contributed by atoms with Gasteiger partial charge in [0.15, 0.2) is 0 Å². The Kier molecular flexibility index (Phi) is 6.06. The van der Waals surface area contributed by atoms with Gasteiger partial charge in [-0.2, -0.15) is 0 Å². The van der Waals surface area contributed by atoms with Crippen LogP contribution >= 0.6 is 0 Å². The first-order valence-electron chi connectivity index (χ1n) is 12.8. The van der Waals surface area contributed by atoms with E-state index < -0.39 is 0 Å². The molecule has 0 aromatic carbocycles. The number of carbonyl (C=O) groups excluding carboxylic acids is 2. The summed E-state index contributed by atoms with van der Waals surface area (Å²) in [5, 5.41) is 3.26. The molecule has 2 aliphatic carbocycles. The second-order valence-corrected chi connectivity index (χ2v) is 10.8. The molecule has 174 valence electrons. The average molecular weight is 433 g/mol. The Balaban J connectivity index is 1.07. The Morgan fingerprint density at radius 1 is 1.00 bits per heavy atom. The van der Waals surface area contributed by atoms with Gasteiger partial charge in [-0.25, -0.2) is 9.59 Å². The Bertz CT molecular complexity index is 668. The van der Waals surface area contributed by atoms with Gasteiger partial charge in [0, 0.05) is 37.8 Å². The molecule has 5 aliphatic rings. The summed E-state index contributed by atoms with van der Waals surface area (Å²) in [6.45, 7) is 7.34. The fourth-order valence-corrected chi connectivity index (χ4v) is 6.85. The number of nitrogens with zero attached hydrogens (tertiary/aromatic N) is 3. The molecule has 0 radical (unpaired) electrons. The van der Waals surface area contributed by atoms with Crippen LogP contribution in [0.1, 0.15) is 71.1 Å². The van der Waals surface area contributed by atoms with E-state index in [1.54, 1.807) is 0 Å². The van der Waals surface area contributed by atoms with Crippen LogP contribution in [0.25, 0.3) is 0 Å². The lowest BCUT2D eigenvalue weighted by Crippen LogP contribution is -2.56. The van der Waals surface area contributed by atoms with E-state index in [9.17, 15) is 9.59 Å². The van der Waals surface area contributed by atoms with Gasteiger partial charge in [0.1, 0.15) is 0 Å². The van der Waals surface area contributed by atoms with E-state index in [1.807, 2.05) is 11.8 Å². The minimum absolute atomic E-state index is 0.133. The minimum atomic E-state index is -0.133. The molecule has 7 heteroatoms. The molecule has 0 bridgehead atoms. The standard InChI is InChI=1S/C24H40N4O3/c1-2-31-23(30)27-14-10-24(17-27)15-20(16-24)26-12-8-18(9-13-26)21-7-4-11-28(21)22(29)25-19-5-3-6-19/h18-21H,2-17H2,1H3,(H,25,29). The number of rotatable bonds is 4. The van der Waals surface area contributed by atoms with Crippen LogP contribution in [-0.2, 0) is 4.74 Å². The predicted octanol–water partition coefficient (Wildman–Crippen LogP) is 3.44. The molecule has 5 rings (SSSR count). The summed E-state index contributed by atoms with van der Waals surface area (Å²) in [6.07, 6.45) is 11.8. The third kappa shape index (κ3) is 4.27. The molecule has 1 spiro atoms. The first-order chi connectivity index (χ1) is 15.1. The summed E-state index contributed by atoms with van der Waals surface area (Å²) >= 11 is 0. The quantitative estimate of drug-likeness (QED) is 0.739. The SMILES string of the molecule is CCOC(=O)N1CCC2(CC(N3CCC(C4CCCN4C(=O)NC4CCC4)CC3)C2)C1. The topological polar surface area (TPSA) is 65.1 Å². The molecule has 3 aliphatic heterocycles. The molecule has 3 saturated heterocycles. The van der Waals surface area contributed by atoms with Gasteiger partial charge in [-0.1, -0.05) is 0 Å². The average Bonchev–Trinajstić information content (AvgIpc) is 3.37. The third-order valence-electron chi connectivity index (χ3n) is 8.93. The van der Waals surface area contributed by atoms with E-state index in [0.29, 0.717) is 36.1 Å². The molecule has 1 N–H and O–H groups in total. The number of ether oxygens (including phenoxy) is 1. The Morgan fingerprint density at radius 2 is 1.77 bits per heavy atom. The zero-order valence-electron chi connectivity index (χ0n) is 19.2. The van der Waals surface area contributed by atoms with Crippen molar-refractivity contribution < 1.29 is 14.3 Å². The summed E-state index contributed by atoms with van der Waals surface area (Å²) in [5.74, 6) is 0.658. The molecule has 3 heterocycles. The largest absolute Gasteiger partial charge is 0.450 e. The molecule has 1 unspecified atom stereocenters. The highest BCUT2D eigenvalue weighted by Crippen LogP contribution is 2.51. The first-order valence-corrected chi connectivity index (χ1v) is 12.8. The molecule has 31 heavy (non-hydrogen) atoms. The second-order valence-electron chi connectivity index (χ2n) is 10.8. The summed E-state index contributed by atoms with van der Waals surface area (Å²) in [4.78, 5) is 31.6. The summed E-state index contributed by atoms with van der Waals surface area (Å²) < 4.78 is 5.19. The van der Waals surface area contributed by atoms with Crippen molar-refractivity contribution in [1.29, 1.82) is 0 Å². The van der Waals surface area contributed by atoms with Crippen LogP contribution in [0.5, 0.6) is 0 Å². The van der Waals surface area contributed by atoms with Crippen LogP contribution in [-0.4, -0.2) is 84.3 Å². The lowest BCUT2D eigenvalue weighted by molar-refractivity contribution is -0.0145. The maximum Gasteiger partial charge on any atom is 0.409 e. The van der Waals surface area contributed by atoms with Crippen LogP contribution in [0.15, 0.2) is 0 Å². The molecular weight excluding hydrogens is 392 g/mol. The normalized spacial score (nSPS) is 34.6. The predicted molar refractivity (Wildman–Crippen MR) is 119 cm³/mol. The van der Waals surface area contributed by atoms with E-state index in [2.05, 4.69) is 15.1 Å². The number of likely N-dealkylation sites (tertiary alicyclic amines) is 3. The number of urea groups is 1. The van der Waals surface area contributed by atoms with Crippen LogP contribution in [0.2, 0.25) is 0 Å². The molecule has 5 fully saturated rings. The number of piperidine rings is 1. The van der Waals surface area contributed by atoms with Crippen LogP contribution in [0, 0.1) is 11.3 Å². The van der Waals surface area contributed by atoms with Crippen LogP contribution < -0.4 is 5.32 Å². The van der Waals surface area contributed by atoms with Crippen molar-refractivity contribution in [2.75, 3.05) is 39.3 Å². The molecule has 0 aromatic heterocycles. The third-order valence-corrected chi connectivity index (χ3v) is 8.93. The Hall–Kier alpha value is -1.50. The number of amides is 3. The minimum Gasteiger partial charge on any atom is -0.450 e. The van der Waals surface area contributed by atoms with Crippen molar-refractivity contribution in [2.45, 2.75) is 89.3 Å². The Labute approximate surface area is 186 Å². The highest BCUT2D eigenvalue weighted by Gasteiger charge is 2.51. The first kappa shape index (κ1) is 21.4. The van der Waals surface area contributed by atoms with Crippen molar-refractivity contribution in [3.05, 3.63) is 0 Å². The maximum absolute atomic E-state index is 12.8. The Morgan fingerprint density at radius 3 is 2.45 bits per heavy atom. The summed E-state index contributed by atoms with van der Waals surface area (Å²) in [5.41, 5.74) is 0.343. The summed E-state index contributed by atoms with van der Waals surface area (Å²) in [7, 11) is 0. The van der Waals surface area contributed by atoms with Crippen molar-refractivity contribution in [1.82, 2.24) is 20.0 Å². The monoisotopic (exact) mass is 432 g/mol. The molecule has 1 atom stereocenters. The van der Waals surface area contributed by atoms with E-state index >= 15 is 0 Å². The fraction of sp³-hybridized carbons (Fsp3) is 0.917. The highest BCUT2D eigenvalue weighted by atomic mass is 16.6. The van der Waals surface area contributed by atoms with Gasteiger partial charge >= 0.3 is 12.1 Å². The highest BCUT2D eigenvalue weighted by molar-refractivity contribution is 5.75. The van der Waals surface area contributed by atoms with Crippen LogP contribution in [0.4, 0.5) is 9.59 Å². The van der Waals surface area contributed by atoms with Crippen molar-refractivity contribution in [2.24, 2.45) is 11.3 Å². The molecule has 7 nitrogen and oxygen atoms in total. The lowest BCUT2D eigenvalue weighted by atomic mass is 9.64. The van der Waals surface area contributed by atoms with Gasteiger partial charge < -0.3 is 24.8 Å².